The molecule has 1 aromatic carbocycles. The third-order valence-electron chi connectivity index (χ3n) is 1.92. The number of aryl methyl sites for hydroxylation is 2. The molecular weight excluding hydrogens is 218 g/mol. The maximum atomic E-state index is 11.0. The Bertz CT molecular complexity index is 493. The van der Waals surface area contributed by atoms with Crippen LogP contribution >= 0.6 is 0 Å². The molecular formula is C9H11NO4S. The highest BCUT2D eigenvalue weighted by atomic mass is 32.2. The fourth-order valence-corrected chi connectivity index (χ4v) is 2.19. The molecule has 82 valence electrons. The number of rotatable bonds is 3. The molecule has 0 aliphatic heterocycles. The Hall–Kier alpha value is -1.40. The first-order valence-corrected chi connectivity index (χ1v) is 5.59. The van der Waals surface area contributed by atoms with Gasteiger partial charge in [0.25, 0.3) is 10.1 Å². The second kappa shape index (κ2) is 4.00. The number of nitrogens with one attached hydrogen (secondary N) is 1. The highest BCUT2D eigenvalue weighted by molar-refractivity contribution is 7.86. The van der Waals surface area contributed by atoms with Gasteiger partial charge in [0.1, 0.15) is 4.90 Å². The lowest BCUT2D eigenvalue weighted by atomic mass is 10.1. The van der Waals surface area contributed by atoms with Gasteiger partial charge in [0.05, 0.1) is 5.69 Å². The third kappa shape index (κ3) is 2.54. The van der Waals surface area contributed by atoms with Crippen LogP contribution in [0.4, 0.5) is 5.69 Å². The Morgan fingerprint density at radius 3 is 2.40 bits per heavy atom. The second-order valence-electron chi connectivity index (χ2n) is 3.19. The van der Waals surface area contributed by atoms with Gasteiger partial charge in [-0.05, 0) is 31.0 Å². The lowest BCUT2D eigenvalue weighted by Crippen LogP contribution is -2.07. The van der Waals surface area contributed by atoms with E-state index in [-0.39, 0.29) is 10.6 Å². The van der Waals surface area contributed by atoms with E-state index in [9.17, 15) is 13.2 Å². The molecule has 1 rings (SSSR count). The molecule has 5 nitrogen and oxygen atoms in total. The predicted octanol–water partition coefficient (Wildman–Crippen LogP) is 1.12. The van der Waals surface area contributed by atoms with Crippen LogP contribution in [-0.2, 0) is 14.9 Å². The second-order valence-corrected chi connectivity index (χ2v) is 4.58. The van der Waals surface area contributed by atoms with E-state index in [0.717, 1.165) is 0 Å². The van der Waals surface area contributed by atoms with Gasteiger partial charge in [-0.2, -0.15) is 8.42 Å². The summed E-state index contributed by atoms with van der Waals surface area (Å²) in [6, 6.07) is 3.01. The van der Waals surface area contributed by atoms with Crippen LogP contribution in [0.25, 0.3) is 0 Å². The maximum Gasteiger partial charge on any atom is 0.296 e. The first-order chi connectivity index (χ1) is 6.86. The number of anilines is 1. The number of carbonyl (C=O) groups excluding carboxylic acids is 1. The van der Waals surface area contributed by atoms with Crippen LogP contribution in [0.1, 0.15) is 11.1 Å². The average Bonchev–Trinajstić information content (AvgIpc) is 2.07. The quantitative estimate of drug-likeness (QED) is 0.601. The Kier molecular flexibility index (Phi) is 3.11. The van der Waals surface area contributed by atoms with Crippen molar-refractivity contribution in [3.63, 3.8) is 0 Å². The summed E-state index contributed by atoms with van der Waals surface area (Å²) in [5.74, 6) is 0. The zero-order chi connectivity index (χ0) is 11.6. The van der Waals surface area contributed by atoms with Gasteiger partial charge in [-0.3, -0.25) is 9.35 Å². The van der Waals surface area contributed by atoms with Crippen LogP contribution in [0.5, 0.6) is 0 Å². The molecule has 0 radical (unpaired) electrons. The standard InChI is InChI=1S/C9H11NO4S/c1-6-3-7(2)9(10-5-11)8(4-6)15(12,13)14/h3-5H,1-2H3,(H,10,11)(H,12,13,14). The van der Waals surface area contributed by atoms with Crippen LogP contribution in [-0.4, -0.2) is 19.4 Å². The van der Waals surface area contributed by atoms with Gasteiger partial charge in [-0.25, -0.2) is 0 Å². The highest BCUT2D eigenvalue weighted by Gasteiger charge is 2.17. The Morgan fingerprint density at radius 2 is 1.93 bits per heavy atom. The van der Waals surface area contributed by atoms with E-state index in [1.807, 2.05) is 0 Å². The van der Waals surface area contributed by atoms with E-state index in [4.69, 9.17) is 4.55 Å². The van der Waals surface area contributed by atoms with E-state index in [1.165, 1.54) is 6.07 Å². The van der Waals surface area contributed by atoms with Crippen molar-refractivity contribution < 1.29 is 17.8 Å². The zero-order valence-electron chi connectivity index (χ0n) is 8.31. The molecule has 2 N–H and O–H groups in total. The van der Waals surface area contributed by atoms with E-state index >= 15 is 0 Å². The van der Waals surface area contributed by atoms with Crippen LogP contribution in [0.15, 0.2) is 17.0 Å². The molecule has 0 saturated heterocycles. The first kappa shape index (κ1) is 11.7. The molecule has 0 atom stereocenters. The molecule has 0 saturated carbocycles. The van der Waals surface area contributed by atoms with Crippen molar-refractivity contribution in [2.75, 3.05) is 5.32 Å². The molecule has 0 aliphatic carbocycles. The summed E-state index contributed by atoms with van der Waals surface area (Å²) < 4.78 is 31.0. The molecule has 15 heavy (non-hydrogen) atoms. The van der Waals surface area contributed by atoms with E-state index in [2.05, 4.69) is 5.32 Å². The van der Waals surface area contributed by atoms with Gasteiger partial charge in [0.15, 0.2) is 0 Å². The van der Waals surface area contributed by atoms with Crippen LogP contribution < -0.4 is 5.32 Å². The Balaban J connectivity index is 3.54. The minimum atomic E-state index is -4.32. The van der Waals surface area contributed by atoms with Crippen LogP contribution in [0, 0.1) is 13.8 Å². The van der Waals surface area contributed by atoms with Crippen molar-refractivity contribution in [2.45, 2.75) is 18.7 Å². The number of benzene rings is 1. The summed E-state index contributed by atoms with van der Waals surface area (Å²) in [7, 11) is -4.32. The smallest absolute Gasteiger partial charge is 0.296 e. The summed E-state index contributed by atoms with van der Waals surface area (Å²) in [6.45, 7) is 3.35. The predicted molar refractivity (Wildman–Crippen MR) is 55.4 cm³/mol. The summed E-state index contributed by atoms with van der Waals surface area (Å²) in [5, 5.41) is 2.26. The fraction of sp³-hybridized carbons (Fsp3) is 0.222. The first-order valence-electron chi connectivity index (χ1n) is 4.15. The number of amides is 1. The van der Waals surface area contributed by atoms with Gasteiger partial charge in [0, 0.05) is 0 Å². The Labute approximate surface area is 87.9 Å². The average molecular weight is 229 g/mol. The van der Waals surface area contributed by atoms with Crippen molar-refractivity contribution in [3.05, 3.63) is 23.3 Å². The largest absolute Gasteiger partial charge is 0.327 e. The summed E-state index contributed by atoms with van der Waals surface area (Å²) in [4.78, 5) is 10.0. The number of carbonyl (C=O) groups is 1. The molecule has 0 unspecified atom stereocenters. The number of hydrogen-bond donors (Lipinski definition) is 2. The minimum absolute atomic E-state index is 0.109. The van der Waals surface area contributed by atoms with Crippen molar-refractivity contribution in [2.24, 2.45) is 0 Å². The monoisotopic (exact) mass is 229 g/mol. The molecule has 0 fully saturated rings. The van der Waals surface area contributed by atoms with Crippen molar-refractivity contribution in [3.8, 4) is 0 Å². The van der Waals surface area contributed by atoms with Crippen molar-refractivity contribution in [1.29, 1.82) is 0 Å². The summed E-state index contributed by atoms with van der Waals surface area (Å²) in [5.41, 5.74) is 1.38. The van der Waals surface area contributed by atoms with E-state index in [0.29, 0.717) is 17.5 Å². The van der Waals surface area contributed by atoms with Crippen molar-refractivity contribution >= 4 is 22.2 Å². The molecule has 0 heterocycles. The normalized spacial score (nSPS) is 11.1. The molecule has 0 aliphatic rings. The molecule has 6 heteroatoms. The van der Waals surface area contributed by atoms with Gasteiger partial charge in [-0.15, -0.1) is 0 Å². The fourth-order valence-electron chi connectivity index (χ4n) is 1.38. The molecule has 0 bridgehead atoms. The van der Waals surface area contributed by atoms with Gasteiger partial charge in [-0.1, -0.05) is 6.07 Å². The highest BCUT2D eigenvalue weighted by Crippen LogP contribution is 2.26. The van der Waals surface area contributed by atoms with Gasteiger partial charge in [0.2, 0.25) is 6.41 Å². The Morgan fingerprint density at radius 1 is 1.33 bits per heavy atom. The molecule has 0 spiro atoms. The SMILES string of the molecule is Cc1cc(C)c(NC=O)c(S(=O)(=O)O)c1. The van der Waals surface area contributed by atoms with E-state index < -0.39 is 10.1 Å². The number of hydrogen-bond acceptors (Lipinski definition) is 3. The minimum Gasteiger partial charge on any atom is -0.327 e. The topological polar surface area (TPSA) is 83.5 Å². The molecule has 1 amide bonds. The lowest BCUT2D eigenvalue weighted by molar-refractivity contribution is -0.105. The summed E-state index contributed by atoms with van der Waals surface area (Å²) in [6.07, 6.45) is 0.367. The van der Waals surface area contributed by atoms with Crippen molar-refractivity contribution in [1.82, 2.24) is 0 Å². The molecule has 0 aromatic heterocycles. The van der Waals surface area contributed by atoms with Gasteiger partial charge < -0.3 is 5.32 Å². The third-order valence-corrected chi connectivity index (χ3v) is 2.80. The zero-order valence-corrected chi connectivity index (χ0v) is 9.13. The van der Waals surface area contributed by atoms with Gasteiger partial charge >= 0.3 is 0 Å². The summed E-state index contributed by atoms with van der Waals surface area (Å²) >= 11 is 0. The lowest BCUT2D eigenvalue weighted by Gasteiger charge is -2.10. The molecule has 1 aromatic rings. The van der Waals surface area contributed by atoms with Crippen LogP contribution in [0.2, 0.25) is 0 Å². The maximum absolute atomic E-state index is 11.0. The van der Waals surface area contributed by atoms with E-state index in [1.54, 1.807) is 19.9 Å². The van der Waals surface area contributed by atoms with Crippen LogP contribution in [0.3, 0.4) is 0 Å².